The van der Waals surface area contributed by atoms with Gasteiger partial charge in [0.25, 0.3) is 11.8 Å². The molecule has 0 spiro atoms. The molecule has 0 bridgehead atoms. The number of hydrogen-bond donors (Lipinski definition) is 2. The molecule has 2 aromatic rings. The first-order chi connectivity index (χ1) is 11.1. The molecule has 0 unspecified atom stereocenters. The van der Waals surface area contributed by atoms with Gasteiger partial charge in [0, 0.05) is 5.02 Å². The van der Waals surface area contributed by atoms with Crippen molar-refractivity contribution in [3.8, 4) is 0 Å². The van der Waals surface area contributed by atoms with E-state index in [1.54, 1.807) is 48.5 Å². The lowest BCUT2D eigenvalue weighted by molar-refractivity contribution is -0.120. The number of hydrogen-bond acceptors (Lipinski definition) is 3. The van der Waals surface area contributed by atoms with Crippen LogP contribution in [-0.4, -0.2) is 24.6 Å². The van der Waals surface area contributed by atoms with Crippen LogP contribution in [0, 0.1) is 0 Å². The molecule has 0 aromatic heterocycles. The second kappa shape index (κ2) is 8.31. The number of hydrazone groups is 1. The van der Waals surface area contributed by atoms with Crippen LogP contribution < -0.4 is 10.7 Å². The van der Waals surface area contributed by atoms with Gasteiger partial charge in [-0.25, -0.2) is 5.43 Å². The lowest BCUT2D eigenvalue weighted by Gasteiger charge is -2.05. The van der Waals surface area contributed by atoms with Crippen molar-refractivity contribution < 1.29 is 9.59 Å². The number of benzene rings is 2. The molecule has 0 atom stereocenters. The molecule has 2 rings (SSSR count). The lowest BCUT2D eigenvalue weighted by atomic mass is 10.2. The second-order valence-electron chi connectivity index (χ2n) is 4.51. The van der Waals surface area contributed by atoms with E-state index >= 15 is 0 Å². The Morgan fingerprint density at radius 3 is 2.61 bits per heavy atom. The predicted molar refractivity (Wildman–Crippen MR) is 91.0 cm³/mol. The maximum Gasteiger partial charge on any atom is 0.259 e. The van der Waals surface area contributed by atoms with Gasteiger partial charge in [-0.05, 0) is 29.8 Å². The van der Waals surface area contributed by atoms with Crippen LogP contribution >= 0.6 is 23.2 Å². The Morgan fingerprint density at radius 1 is 1.09 bits per heavy atom. The van der Waals surface area contributed by atoms with Gasteiger partial charge in [-0.1, -0.05) is 47.5 Å². The third-order valence-corrected chi connectivity index (χ3v) is 3.34. The standard InChI is InChI=1S/C16H13Cl2N3O2/c17-12-5-3-4-11(8-12)9-20-21-15(22)10-19-16(23)13-6-1-2-7-14(13)18/h1-9H,10H2,(H,19,23)(H,21,22). The predicted octanol–water partition coefficient (Wildman–Crippen LogP) is 2.87. The molecule has 0 radical (unpaired) electrons. The molecule has 2 N–H and O–H groups in total. The van der Waals surface area contributed by atoms with E-state index in [0.717, 1.165) is 5.56 Å². The molecule has 0 aliphatic rings. The highest BCUT2D eigenvalue weighted by Crippen LogP contribution is 2.14. The normalized spacial score (nSPS) is 10.5. The average Bonchev–Trinajstić information content (AvgIpc) is 2.53. The van der Waals surface area contributed by atoms with Gasteiger partial charge in [-0.15, -0.1) is 0 Å². The highest BCUT2D eigenvalue weighted by Gasteiger charge is 2.10. The van der Waals surface area contributed by atoms with Crippen LogP contribution in [0.25, 0.3) is 0 Å². The van der Waals surface area contributed by atoms with Crippen molar-refractivity contribution >= 4 is 41.2 Å². The third-order valence-electron chi connectivity index (χ3n) is 2.78. The molecule has 2 amide bonds. The van der Waals surface area contributed by atoms with Gasteiger partial charge in [-0.2, -0.15) is 5.10 Å². The van der Waals surface area contributed by atoms with Crippen LogP contribution in [0.15, 0.2) is 53.6 Å². The second-order valence-corrected chi connectivity index (χ2v) is 5.35. The Balaban J connectivity index is 1.81. The molecule has 0 saturated heterocycles. The molecule has 0 fully saturated rings. The summed E-state index contributed by atoms with van der Waals surface area (Å²) in [5.74, 6) is -0.881. The summed E-state index contributed by atoms with van der Waals surface area (Å²) in [7, 11) is 0. The van der Waals surface area contributed by atoms with Crippen molar-refractivity contribution in [2.75, 3.05) is 6.54 Å². The summed E-state index contributed by atoms with van der Waals surface area (Å²) < 4.78 is 0. The zero-order valence-electron chi connectivity index (χ0n) is 11.9. The molecule has 23 heavy (non-hydrogen) atoms. The molecule has 2 aromatic carbocycles. The number of carbonyl (C=O) groups excluding carboxylic acids is 2. The van der Waals surface area contributed by atoms with E-state index in [1.165, 1.54) is 6.21 Å². The van der Waals surface area contributed by atoms with Crippen LogP contribution in [0.3, 0.4) is 0 Å². The SMILES string of the molecule is O=C(CNC(=O)c1ccccc1Cl)NN=Cc1cccc(Cl)c1. The van der Waals surface area contributed by atoms with Gasteiger partial charge in [0.1, 0.15) is 0 Å². The molecule has 7 heteroatoms. The Morgan fingerprint density at radius 2 is 1.87 bits per heavy atom. The van der Waals surface area contributed by atoms with E-state index in [-0.39, 0.29) is 6.54 Å². The number of carbonyl (C=O) groups is 2. The molecule has 5 nitrogen and oxygen atoms in total. The monoisotopic (exact) mass is 349 g/mol. The van der Waals surface area contributed by atoms with Gasteiger partial charge in [0.15, 0.2) is 0 Å². The fourth-order valence-electron chi connectivity index (χ4n) is 1.71. The molecule has 118 valence electrons. The first kappa shape index (κ1) is 17.0. The number of halogens is 2. The highest BCUT2D eigenvalue weighted by atomic mass is 35.5. The summed E-state index contributed by atoms with van der Waals surface area (Å²) in [5.41, 5.74) is 3.37. The van der Waals surface area contributed by atoms with Gasteiger partial charge in [0.2, 0.25) is 0 Å². The van der Waals surface area contributed by atoms with Crippen LogP contribution in [0.5, 0.6) is 0 Å². The zero-order valence-corrected chi connectivity index (χ0v) is 13.4. The van der Waals surface area contributed by atoms with E-state index in [4.69, 9.17) is 23.2 Å². The molecule has 0 aliphatic carbocycles. The van der Waals surface area contributed by atoms with E-state index in [2.05, 4.69) is 15.8 Å². The quantitative estimate of drug-likeness (QED) is 0.643. The van der Waals surface area contributed by atoms with Crippen LogP contribution in [-0.2, 0) is 4.79 Å². The third kappa shape index (κ3) is 5.39. The summed E-state index contributed by atoms with van der Waals surface area (Å²) in [6.45, 7) is -0.211. The van der Waals surface area contributed by atoms with Crippen LogP contribution in [0.2, 0.25) is 10.0 Å². The minimum absolute atomic E-state index is 0.211. The maximum atomic E-state index is 11.9. The van der Waals surface area contributed by atoms with Crippen molar-refractivity contribution in [1.29, 1.82) is 0 Å². The van der Waals surface area contributed by atoms with E-state index in [1.807, 2.05) is 0 Å². The summed E-state index contributed by atoms with van der Waals surface area (Å²) >= 11 is 11.7. The van der Waals surface area contributed by atoms with E-state index < -0.39 is 11.8 Å². The molecule has 0 heterocycles. The smallest absolute Gasteiger partial charge is 0.259 e. The number of nitrogens with one attached hydrogen (secondary N) is 2. The van der Waals surface area contributed by atoms with Crippen LogP contribution in [0.4, 0.5) is 0 Å². The summed E-state index contributed by atoms with van der Waals surface area (Å²) in [6.07, 6.45) is 1.46. The first-order valence-corrected chi connectivity index (χ1v) is 7.42. The highest BCUT2D eigenvalue weighted by molar-refractivity contribution is 6.33. The molecular formula is C16H13Cl2N3O2. The van der Waals surface area contributed by atoms with Crippen molar-refractivity contribution in [2.45, 2.75) is 0 Å². The van der Waals surface area contributed by atoms with Gasteiger partial charge in [-0.3, -0.25) is 9.59 Å². The van der Waals surface area contributed by atoms with Crippen molar-refractivity contribution in [3.63, 3.8) is 0 Å². The molecule has 0 aliphatic heterocycles. The Bertz CT molecular complexity index is 748. The van der Waals surface area contributed by atoms with Crippen molar-refractivity contribution in [1.82, 2.24) is 10.7 Å². The summed E-state index contributed by atoms with van der Waals surface area (Å²) in [5, 5.41) is 7.16. The number of amides is 2. The van der Waals surface area contributed by atoms with Gasteiger partial charge < -0.3 is 5.32 Å². The van der Waals surface area contributed by atoms with Gasteiger partial charge >= 0.3 is 0 Å². The zero-order chi connectivity index (χ0) is 16.7. The van der Waals surface area contributed by atoms with Gasteiger partial charge in [0.05, 0.1) is 23.3 Å². The average molecular weight is 350 g/mol. The molecule has 0 saturated carbocycles. The minimum atomic E-state index is -0.455. The lowest BCUT2D eigenvalue weighted by Crippen LogP contribution is -2.35. The Kier molecular flexibility index (Phi) is 6.14. The largest absolute Gasteiger partial charge is 0.343 e. The van der Waals surface area contributed by atoms with E-state index in [9.17, 15) is 9.59 Å². The topological polar surface area (TPSA) is 70.6 Å². The van der Waals surface area contributed by atoms with Crippen LogP contribution in [0.1, 0.15) is 15.9 Å². The summed E-state index contributed by atoms with van der Waals surface area (Å²) in [6, 6.07) is 13.6. The van der Waals surface area contributed by atoms with Crippen molar-refractivity contribution in [2.24, 2.45) is 5.10 Å². The molecular weight excluding hydrogens is 337 g/mol. The Labute approximate surface area is 143 Å². The maximum absolute atomic E-state index is 11.9. The number of nitrogens with zero attached hydrogens (tertiary/aromatic N) is 1. The van der Waals surface area contributed by atoms with Crippen molar-refractivity contribution in [3.05, 3.63) is 69.7 Å². The fourth-order valence-corrected chi connectivity index (χ4v) is 2.13. The summed E-state index contributed by atoms with van der Waals surface area (Å²) in [4.78, 5) is 23.5. The Hall–Kier alpha value is -2.37. The fraction of sp³-hybridized carbons (Fsp3) is 0.0625. The van der Waals surface area contributed by atoms with E-state index in [0.29, 0.717) is 15.6 Å². The minimum Gasteiger partial charge on any atom is -0.343 e. The number of rotatable bonds is 5. The first-order valence-electron chi connectivity index (χ1n) is 6.66.